The van der Waals surface area contributed by atoms with E-state index in [2.05, 4.69) is 5.10 Å². The normalized spacial score (nSPS) is 14.4. The van der Waals surface area contributed by atoms with Crippen LogP contribution in [0, 0.1) is 0 Å². The van der Waals surface area contributed by atoms with Crippen LogP contribution in [0.5, 0.6) is 5.75 Å². The van der Waals surface area contributed by atoms with Crippen LogP contribution in [0.15, 0.2) is 59.5 Å². The number of morpholine rings is 1. The molecule has 2 heterocycles. The van der Waals surface area contributed by atoms with Gasteiger partial charge in [-0.3, -0.25) is 4.79 Å². The smallest absolute Gasteiger partial charge is 0.274 e. The third-order valence-corrected chi connectivity index (χ3v) is 6.03. The van der Waals surface area contributed by atoms with Crippen LogP contribution in [0.3, 0.4) is 0 Å². The third kappa shape index (κ3) is 4.67. The van der Waals surface area contributed by atoms with Crippen LogP contribution in [-0.2, 0) is 14.8 Å². The lowest BCUT2D eigenvalue weighted by atomic mass is 10.1. The van der Waals surface area contributed by atoms with Crippen LogP contribution >= 0.6 is 0 Å². The van der Waals surface area contributed by atoms with Gasteiger partial charge in [0.25, 0.3) is 5.91 Å². The molecule has 3 aromatic rings. The van der Waals surface area contributed by atoms with Gasteiger partial charge in [-0.05, 0) is 61.5 Å². The molecule has 2 N–H and O–H groups in total. The van der Waals surface area contributed by atoms with E-state index in [1.807, 2.05) is 31.2 Å². The molecular formula is C22H24N4O5S. The number of hydrogen-bond donors (Lipinski definition) is 1. The lowest BCUT2D eigenvalue weighted by Crippen LogP contribution is -2.40. The van der Waals surface area contributed by atoms with Gasteiger partial charge < -0.3 is 14.4 Å². The van der Waals surface area contributed by atoms with Crippen molar-refractivity contribution >= 4 is 15.9 Å². The Morgan fingerprint density at radius 1 is 1.09 bits per heavy atom. The van der Waals surface area contributed by atoms with Gasteiger partial charge in [0.05, 0.1) is 36.1 Å². The molecule has 0 radical (unpaired) electrons. The molecule has 0 saturated carbocycles. The SMILES string of the molecule is CCOc1ccc(-c2cc(C(=O)N3CCOCC3)nn2-c2ccc(S(N)(=O)=O)cc2)cc1. The number of amides is 1. The van der Waals surface area contributed by atoms with E-state index < -0.39 is 10.0 Å². The minimum Gasteiger partial charge on any atom is -0.494 e. The van der Waals surface area contributed by atoms with E-state index >= 15 is 0 Å². The summed E-state index contributed by atoms with van der Waals surface area (Å²) in [6.07, 6.45) is 0. The van der Waals surface area contributed by atoms with Gasteiger partial charge in [-0.2, -0.15) is 5.10 Å². The molecule has 168 valence electrons. The van der Waals surface area contributed by atoms with Gasteiger partial charge in [0, 0.05) is 18.7 Å². The second-order valence-corrected chi connectivity index (χ2v) is 8.79. The van der Waals surface area contributed by atoms with Crippen LogP contribution in [0.1, 0.15) is 17.4 Å². The molecule has 1 fully saturated rings. The molecule has 1 aliphatic rings. The maximum atomic E-state index is 13.0. The van der Waals surface area contributed by atoms with E-state index in [0.29, 0.717) is 50.0 Å². The monoisotopic (exact) mass is 456 g/mol. The summed E-state index contributed by atoms with van der Waals surface area (Å²) in [5.74, 6) is 0.560. The predicted octanol–water partition coefficient (Wildman–Crippen LogP) is 2.06. The second kappa shape index (κ2) is 9.11. The van der Waals surface area contributed by atoms with E-state index in [0.717, 1.165) is 11.3 Å². The van der Waals surface area contributed by atoms with Crippen molar-refractivity contribution in [3.8, 4) is 22.7 Å². The summed E-state index contributed by atoms with van der Waals surface area (Å²) in [6.45, 7) is 4.48. The Kier molecular flexibility index (Phi) is 6.26. The summed E-state index contributed by atoms with van der Waals surface area (Å²) in [6, 6.07) is 15.3. The van der Waals surface area contributed by atoms with E-state index in [4.69, 9.17) is 14.6 Å². The first-order valence-corrected chi connectivity index (χ1v) is 11.7. The highest BCUT2D eigenvalue weighted by Gasteiger charge is 2.23. The molecule has 1 saturated heterocycles. The Labute approximate surface area is 186 Å². The summed E-state index contributed by atoms with van der Waals surface area (Å²) in [5.41, 5.74) is 2.42. The molecule has 1 aromatic heterocycles. The highest BCUT2D eigenvalue weighted by Crippen LogP contribution is 2.27. The lowest BCUT2D eigenvalue weighted by molar-refractivity contribution is 0.0298. The minimum absolute atomic E-state index is 0.000593. The maximum Gasteiger partial charge on any atom is 0.274 e. The number of nitrogens with two attached hydrogens (primary N) is 1. The zero-order valence-corrected chi connectivity index (χ0v) is 18.4. The molecule has 0 bridgehead atoms. The van der Waals surface area contributed by atoms with Gasteiger partial charge in [-0.1, -0.05) is 0 Å². The van der Waals surface area contributed by atoms with Gasteiger partial charge in [0.1, 0.15) is 5.75 Å². The van der Waals surface area contributed by atoms with Gasteiger partial charge in [-0.25, -0.2) is 18.2 Å². The fourth-order valence-electron chi connectivity index (χ4n) is 3.48. The van der Waals surface area contributed by atoms with Crippen molar-refractivity contribution in [3.05, 3.63) is 60.3 Å². The van der Waals surface area contributed by atoms with Crippen LogP contribution in [0.25, 0.3) is 16.9 Å². The van der Waals surface area contributed by atoms with Gasteiger partial charge in [0.15, 0.2) is 5.69 Å². The molecule has 2 aromatic carbocycles. The van der Waals surface area contributed by atoms with E-state index in [1.54, 1.807) is 27.8 Å². The molecular weight excluding hydrogens is 432 g/mol. The van der Waals surface area contributed by atoms with Crippen LogP contribution in [0.2, 0.25) is 0 Å². The Balaban J connectivity index is 1.76. The zero-order valence-electron chi connectivity index (χ0n) is 17.6. The number of carbonyl (C=O) groups excluding carboxylic acids is 1. The van der Waals surface area contributed by atoms with Gasteiger partial charge in [0.2, 0.25) is 10.0 Å². The number of ether oxygens (including phenoxy) is 2. The van der Waals surface area contributed by atoms with Crippen molar-refractivity contribution < 1.29 is 22.7 Å². The topological polar surface area (TPSA) is 117 Å². The first kappa shape index (κ1) is 22.0. The molecule has 10 heteroatoms. The number of nitrogens with zero attached hydrogens (tertiary/aromatic N) is 3. The highest BCUT2D eigenvalue weighted by molar-refractivity contribution is 7.89. The molecule has 9 nitrogen and oxygen atoms in total. The van der Waals surface area contributed by atoms with E-state index in [-0.39, 0.29) is 10.8 Å². The number of benzene rings is 2. The number of primary sulfonamides is 1. The van der Waals surface area contributed by atoms with Crippen molar-refractivity contribution in [2.45, 2.75) is 11.8 Å². The molecule has 32 heavy (non-hydrogen) atoms. The Bertz CT molecular complexity index is 1200. The van der Waals surface area contributed by atoms with Crippen LogP contribution in [-0.4, -0.2) is 61.9 Å². The molecule has 4 rings (SSSR count). The molecule has 1 amide bonds. The molecule has 1 aliphatic heterocycles. The molecule has 0 unspecified atom stereocenters. The van der Waals surface area contributed by atoms with Gasteiger partial charge in [-0.15, -0.1) is 0 Å². The number of rotatable bonds is 6. The van der Waals surface area contributed by atoms with Crippen LogP contribution in [0.4, 0.5) is 0 Å². The summed E-state index contributed by atoms with van der Waals surface area (Å²) >= 11 is 0. The van der Waals surface area contributed by atoms with E-state index in [1.165, 1.54) is 12.1 Å². The Morgan fingerprint density at radius 3 is 2.34 bits per heavy atom. The first-order chi connectivity index (χ1) is 15.4. The number of sulfonamides is 1. The summed E-state index contributed by atoms with van der Waals surface area (Å²) in [5, 5.41) is 9.76. The molecule has 0 atom stereocenters. The van der Waals surface area contributed by atoms with E-state index in [9.17, 15) is 13.2 Å². The Hall–Kier alpha value is -3.21. The second-order valence-electron chi connectivity index (χ2n) is 7.23. The fourth-order valence-corrected chi connectivity index (χ4v) is 4.00. The number of aromatic nitrogens is 2. The fraction of sp³-hybridized carbons (Fsp3) is 0.273. The van der Waals surface area contributed by atoms with Crippen LogP contribution < -0.4 is 9.88 Å². The average Bonchev–Trinajstić information content (AvgIpc) is 3.25. The third-order valence-electron chi connectivity index (χ3n) is 5.10. The van der Waals surface area contributed by atoms with Crippen molar-refractivity contribution in [1.82, 2.24) is 14.7 Å². The highest BCUT2D eigenvalue weighted by atomic mass is 32.2. The Morgan fingerprint density at radius 2 is 1.75 bits per heavy atom. The molecule has 0 spiro atoms. The number of carbonyl (C=O) groups is 1. The largest absolute Gasteiger partial charge is 0.494 e. The summed E-state index contributed by atoms with van der Waals surface area (Å²) in [7, 11) is -3.81. The number of hydrogen-bond acceptors (Lipinski definition) is 6. The van der Waals surface area contributed by atoms with Crippen molar-refractivity contribution in [3.63, 3.8) is 0 Å². The van der Waals surface area contributed by atoms with Crippen molar-refractivity contribution in [1.29, 1.82) is 0 Å². The quantitative estimate of drug-likeness (QED) is 0.607. The average molecular weight is 457 g/mol. The predicted molar refractivity (Wildman–Crippen MR) is 118 cm³/mol. The van der Waals surface area contributed by atoms with Crippen molar-refractivity contribution in [2.75, 3.05) is 32.9 Å². The first-order valence-electron chi connectivity index (χ1n) is 10.2. The van der Waals surface area contributed by atoms with Gasteiger partial charge >= 0.3 is 0 Å². The summed E-state index contributed by atoms with van der Waals surface area (Å²) < 4.78 is 35.7. The summed E-state index contributed by atoms with van der Waals surface area (Å²) in [4.78, 5) is 14.7. The minimum atomic E-state index is -3.81. The zero-order chi connectivity index (χ0) is 22.7. The maximum absolute atomic E-state index is 13.0. The standard InChI is InChI=1S/C22H24N4O5S/c1-2-31-18-7-3-16(4-8-18)21-15-20(22(27)25-11-13-30-14-12-25)24-26(21)17-5-9-19(10-6-17)32(23,28)29/h3-10,15H,2,11-14H2,1H3,(H2,23,28,29). The van der Waals surface area contributed by atoms with Crippen molar-refractivity contribution in [2.24, 2.45) is 5.14 Å². The lowest BCUT2D eigenvalue weighted by Gasteiger charge is -2.25. The molecule has 0 aliphatic carbocycles.